The summed E-state index contributed by atoms with van der Waals surface area (Å²) in [5, 5.41) is 4.16. The molecule has 0 bridgehead atoms. The quantitative estimate of drug-likeness (QED) is 0.773. The van der Waals surface area contributed by atoms with Gasteiger partial charge in [0.1, 0.15) is 12.2 Å². The maximum atomic E-state index is 12.5. The highest BCUT2D eigenvalue weighted by molar-refractivity contribution is 5.89. The zero-order chi connectivity index (χ0) is 13.9. The largest absolute Gasteiger partial charge is 0.297 e. The van der Waals surface area contributed by atoms with Gasteiger partial charge in [0.25, 0.3) is 0 Å². The number of hydrogen-bond donors (Lipinski definition) is 0. The number of carbonyl (C=O) groups is 1. The summed E-state index contributed by atoms with van der Waals surface area (Å²) < 4.78 is 1.81. The molecule has 18 heavy (non-hydrogen) atoms. The molecule has 0 aliphatic carbocycles. The van der Waals surface area contributed by atoms with Crippen molar-refractivity contribution in [2.24, 2.45) is 0 Å². The van der Waals surface area contributed by atoms with Crippen LogP contribution in [-0.4, -0.2) is 45.1 Å². The van der Waals surface area contributed by atoms with Crippen molar-refractivity contribution < 1.29 is 4.79 Å². The van der Waals surface area contributed by atoms with Crippen LogP contribution >= 0.6 is 0 Å². The van der Waals surface area contributed by atoms with E-state index in [1.807, 2.05) is 51.4 Å². The first kappa shape index (κ1) is 14.8. The number of Topliss-reactive ketones (excluding diaryl/α,β-unsaturated/α-hetero) is 1. The second-order valence-electron chi connectivity index (χ2n) is 5.34. The molecule has 1 atom stereocenters. The van der Waals surface area contributed by atoms with Gasteiger partial charge in [0, 0.05) is 6.04 Å². The van der Waals surface area contributed by atoms with Gasteiger partial charge in [-0.25, -0.2) is 9.67 Å². The Bertz CT molecular complexity index is 411. The van der Waals surface area contributed by atoms with E-state index in [0.717, 1.165) is 12.2 Å². The molecule has 0 aliphatic heterocycles. The van der Waals surface area contributed by atoms with Gasteiger partial charge in [0.05, 0.1) is 12.0 Å². The Hall–Kier alpha value is -1.23. The monoisotopic (exact) mass is 252 g/mol. The minimum Gasteiger partial charge on any atom is -0.297 e. The van der Waals surface area contributed by atoms with Gasteiger partial charge >= 0.3 is 0 Å². The molecule has 5 nitrogen and oxygen atoms in total. The van der Waals surface area contributed by atoms with Crippen molar-refractivity contribution in [1.82, 2.24) is 19.7 Å². The SMILES string of the molecule is CCC(C)(C(=O)Cc1ncnn1C(C)C)N(C)C. The Morgan fingerprint density at radius 2 is 2.11 bits per heavy atom. The molecule has 5 heteroatoms. The van der Waals surface area contributed by atoms with Crippen LogP contribution in [0.1, 0.15) is 46.0 Å². The molecule has 0 saturated heterocycles. The number of carbonyl (C=O) groups excluding carboxylic acids is 1. The highest BCUT2D eigenvalue weighted by Crippen LogP contribution is 2.20. The average molecular weight is 252 g/mol. The average Bonchev–Trinajstić information content (AvgIpc) is 2.75. The van der Waals surface area contributed by atoms with E-state index in [2.05, 4.69) is 10.1 Å². The molecule has 0 spiro atoms. The molecule has 0 saturated carbocycles. The topological polar surface area (TPSA) is 51.0 Å². The van der Waals surface area contributed by atoms with Gasteiger partial charge in [-0.1, -0.05) is 6.92 Å². The molecule has 0 amide bonds. The molecule has 102 valence electrons. The predicted molar refractivity (Wildman–Crippen MR) is 71.5 cm³/mol. The summed E-state index contributed by atoms with van der Waals surface area (Å²) in [7, 11) is 3.88. The number of rotatable bonds is 6. The fraction of sp³-hybridized carbons (Fsp3) is 0.769. The third-order valence-electron chi connectivity index (χ3n) is 3.73. The van der Waals surface area contributed by atoms with Gasteiger partial charge in [-0.3, -0.25) is 9.69 Å². The first-order valence-electron chi connectivity index (χ1n) is 6.42. The lowest BCUT2D eigenvalue weighted by molar-refractivity contribution is -0.128. The second-order valence-corrected chi connectivity index (χ2v) is 5.34. The van der Waals surface area contributed by atoms with Crippen LogP contribution in [0.15, 0.2) is 6.33 Å². The van der Waals surface area contributed by atoms with Gasteiger partial charge in [0.15, 0.2) is 5.78 Å². The Balaban J connectivity index is 2.90. The van der Waals surface area contributed by atoms with Crippen LogP contribution in [0.2, 0.25) is 0 Å². The molecule has 1 heterocycles. The van der Waals surface area contributed by atoms with Gasteiger partial charge in [-0.2, -0.15) is 5.10 Å². The molecular formula is C13H24N4O. The van der Waals surface area contributed by atoms with E-state index in [9.17, 15) is 4.79 Å². The maximum absolute atomic E-state index is 12.5. The van der Waals surface area contributed by atoms with Crippen molar-refractivity contribution in [2.45, 2.75) is 52.1 Å². The Labute approximate surface area is 109 Å². The highest BCUT2D eigenvalue weighted by atomic mass is 16.1. The van der Waals surface area contributed by atoms with Crippen LogP contribution in [0.25, 0.3) is 0 Å². The lowest BCUT2D eigenvalue weighted by atomic mass is 9.89. The van der Waals surface area contributed by atoms with Crippen molar-refractivity contribution in [3.8, 4) is 0 Å². The molecule has 0 aromatic carbocycles. The highest BCUT2D eigenvalue weighted by Gasteiger charge is 2.34. The summed E-state index contributed by atoms with van der Waals surface area (Å²) in [4.78, 5) is 18.6. The molecule has 0 fully saturated rings. The molecule has 1 rings (SSSR count). The van der Waals surface area contributed by atoms with Crippen molar-refractivity contribution in [2.75, 3.05) is 14.1 Å². The van der Waals surface area contributed by atoms with Crippen LogP contribution in [0.4, 0.5) is 0 Å². The van der Waals surface area contributed by atoms with Gasteiger partial charge in [0.2, 0.25) is 0 Å². The number of nitrogens with zero attached hydrogens (tertiary/aromatic N) is 4. The van der Waals surface area contributed by atoms with Gasteiger partial charge in [-0.05, 0) is 41.3 Å². The van der Waals surface area contributed by atoms with E-state index in [-0.39, 0.29) is 11.8 Å². The van der Waals surface area contributed by atoms with Crippen molar-refractivity contribution in [3.05, 3.63) is 12.2 Å². The molecular weight excluding hydrogens is 228 g/mol. The maximum Gasteiger partial charge on any atom is 0.160 e. The zero-order valence-corrected chi connectivity index (χ0v) is 12.3. The summed E-state index contributed by atoms with van der Waals surface area (Å²) in [6, 6.07) is 0.225. The van der Waals surface area contributed by atoms with Crippen molar-refractivity contribution in [3.63, 3.8) is 0 Å². The molecule has 0 N–H and O–H groups in total. The summed E-state index contributed by atoms with van der Waals surface area (Å²) in [5.74, 6) is 0.932. The van der Waals surface area contributed by atoms with Gasteiger partial charge in [-0.15, -0.1) is 0 Å². The number of ketones is 1. The Morgan fingerprint density at radius 1 is 1.50 bits per heavy atom. The number of aromatic nitrogens is 3. The summed E-state index contributed by atoms with van der Waals surface area (Å²) in [5.41, 5.74) is -0.437. The fourth-order valence-electron chi connectivity index (χ4n) is 1.93. The third kappa shape index (κ3) is 2.77. The van der Waals surface area contributed by atoms with E-state index in [1.165, 1.54) is 6.33 Å². The molecule has 0 aliphatic rings. The Kier molecular flexibility index (Phi) is 4.62. The predicted octanol–water partition coefficient (Wildman–Crippen LogP) is 1.70. The zero-order valence-electron chi connectivity index (χ0n) is 12.3. The van der Waals surface area contributed by atoms with Gasteiger partial charge < -0.3 is 0 Å². The second kappa shape index (κ2) is 5.61. The van der Waals surface area contributed by atoms with Crippen LogP contribution in [0, 0.1) is 0 Å². The molecule has 1 aromatic rings. The van der Waals surface area contributed by atoms with E-state index in [1.54, 1.807) is 0 Å². The Morgan fingerprint density at radius 3 is 2.56 bits per heavy atom. The van der Waals surface area contributed by atoms with E-state index >= 15 is 0 Å². The van der Waals surface area contributed by atoms with Crippen LogP contribution in [-0.2, 0) is 11.2 Å². The lowest BCUT2D eigenvalue weighted by Gasteiger charge is -2.34. The van der Waals surface area contributed by atoms with Crippen molar-refractivity contribution >= 4 is 5.78 Å². The van der Waals surface area contributed by atoms with Crippen molar-refractivity contribution in [1.29, 1.82) is 0 Å². The minimum absolute atomic E-state index is 0.185. The van der Waals surface area contributed by atoms with E-state index in [4.69, 9.17) is 0 Å². The minimum atomic E-state index is -0.437. The summed E-state index contributed by atoms with van der Waals surface area (Å²) in [6.07, 6.45) is 2.64. The van der Waals surface area contributed by atoms with E-state index in [0.29, 0.717) is 6.42 Å². The smallest absolute Gasteiger partial charge is 0.160 e. The first-order chi connectivity index (χ1) is 8.32. The van der Waals surface area contributed by atoms with Crippen LogP contribution in [0.5, 0.6) is 0 Å². The molecule has 1 unspecified atom stereocenters. The van der Waals surface area contributed by atoms with Crippen LogP contribution < -0.4 is 0 Å². The number of likely N-dealkylation sites (N-methyl/N-ethyl adjacent to an activating group) is 1. The van der Waals surface area contributed by atoms with E-state index < -0.39 is 5.54 Å². The first-order valence-corrected chi connectivity index (χ1v) is 6.42. The molecule has 0 radical (unpaired) electrons. The van der Waals surface area contributed by atoms with Crippen LogP contribution in [0.3, 0.4) is 0 Å². The third-order valence-corrected chi connectivity index (χ3v) is 3.73. The summed E-state index contributed by atoms with van der Waals surface area (Å²) >= 11 is 0. The number of hydrogen-bond acceptors (Lipinski definition) is 4. The molecule has 1 aromatic heterocycles. The lowest BCUT2D eigenvalue weighted by Crippen LogP contribution is -2.49. The fourth-order valence-corrected chi connectivity index (χ4v) is 1.93. The standard InChI is InChI=1S/C13H24N4O/c1-7-13(4,16(5)6)11(18)8-12-14-9-15-17(12)10(2)3/h9-10H,7-8H2,1-6H3. The summed E-state index contributed by atoms with van der Waals surface area (Å²) in [6.45, 7) is 8.08. The normalized spacial score (nSPS) is 15.1.